The van der Waals surface area contributed by atoms with Crippen LogP contribution < -0.4 is 15.4 Å². The zero-order chi connectivity index (χ0) is 19.8. The SMILES string of the molecule is COc1ccc([C@@H](CNC(=O)C(=O)Nc2ccncc2)N2CCOCC2)cc1. The quantitative estimate of drug-likeness (QED) is 0.728. The number of methoxy groups -OCH3 is 1. The number of nitrogens with one attached hydrogen (secondary N) is 2. The van der Waals surface area contributed by atoms with Crippen molar-refractivity contribution in [3.05, 3.63) is 54.4 Å². The molecule has 0 radical (unpaired) electrons. The predicted octanol–water partition coefficient (Wildman–Crippen LogP) is 1.22. The Morgan fingerprint density at radius 3 is 2.43 bits per heavy atom. The van der Waals surface area contributed by atoms with Crippen LogP contribution in [0, 0.1) is 0 Å². The van der Waals surface area contributed by atoms with E-state index in [2.05, 4.69) is 20.5 Å². The number of ether oxygens (including phenoxy) is 2. The Balaban J connectivity index is 1.64. The molecule has 0 bridgehead atoms. The standard InChI is InChI=1S/C20H24N4O4/c1-27-17-4-2-15(3-5-17)18(24-10-12-28-13-11-24)14-22-19(25)20(26)23-16-6-8-21-9-7-16/h2-9,18H,10-14H2,1H3,(H,22,25)(H,21,23,26)/t18-/m1/s1. The van der Waals surface area contributed by atoms with E-state index in [1.807, 2.05) is 24.3 Å². The van der Waals surface area contributed by atoms with E-state index in [-0.39, 0.29) is 6.04 Å². The molecule has 1 aliphatic rings. The zero-order valence-electron chi connectivity index (χ0n) is 15.8. The van der Waals surface area contributed by atoms with Gasteiger partial charge in [0.25, 0.3) is 0 Å². The van der Waals surface area contributed by atoms with Gasteiger partial charge in [0.15, 0.2) is 0 Å². The number of rotatable bonds is 6. The minimum absolute atomic E-state index is 0.0625. The number of nitrogens with zero attached hydrogens (tertiary/aromatic N) is 2. The smallest absolute Gasteiger partial charge is 0.313 e. The minimum atomic E-state index is -0.707. The van der Waals surface area contributed by atoms with Crippen LogP contribution in [0.1, 0.15) is 11.6 Å². The van der Waals surface area contributed by atoms with E-state index < -0.39 is 11.8 Å². The molecular weight excluding hydrogens is 360 g/mol. The summed E-state index contributed by atoms with van der Waals surface area (Å²) >= 11 is 0. The summed E-state index contributed by atoms with van der Waals surface area (Å²) in [7, 11) is 1.62. The first-order chi connectivity index (χ1) is 13.7. The average Bonchev–Trinajstić information content (AvgIpc) is 2.75. The number of anilines is 1. The molecule has 148 valence electrons. The van der Waals surface area contributed by atoms with Crippen molar-refractivity contribution in [1.29, 1.82) is 0 Å². The molecule has 2 amide bonds. The third-order valence-corrected chi connectivity index (χ3v) is 4.59. The first-order valence-corrected chi connectivity index (χ1v) is 9.12. The summed E-state index contributed by atoms with van der Waals surface area (Å²) in [6, 6.07) is 10.9. The summed E-state index contributed by atoms with van der Waals surface area (Å²) in [5.41, 5.74) is 1.56. The van der Waals surface area contributed by atoms with Crippen molar-refractivity contribution >= 4 is 17.5 Å². The Hall–Kier alpha value is -2.97. The lowest BCUT2D eigenvalue weighted by Crippen LogP contribution is -2.45. The van der Waals surface area contributed by atoms with Crippen LogP contribution in [0.2, 0.25) is 0 Å². The molecule has 8 nitrogen and oxygen atoms in total. The van der Waals surface area contributed by atoms with Gasteiger partial charge in [-0.1, -0.05) is 12.1 Å². The van der Waals surface area contributed by atoms with Crippen LogP contribution in [-0.4, -0.2) is 61.7 Å². The molecule has 0 unspecified atom stereocenters. The summed E-state index contributed by atoms with van der Waals surface area (Å²) in [6.45, 7) is 3.12. The predicted molar refractivity (Wildman–Crippen MR) is 104 cm³/mol. The first kappa shape index (κ1) is 19.8. The van der Waals surface area contributed by atoms with Gasteiger partial charge in [-0.25, -0.2) is 0 Å². The second-order valence-corrected chi connectivity index (χ2v) is 6.34. The van der Waals surface area contributed by atoms with Crippen molar-refractivity contribution in [1.82, 2.24) is 15.2 Å². The van der Waals surface area contributed by atoms with E-state index in [9.17, 15) is 9.59 Å². The Kier molecular flexibility index (Phi) is 6.94. The maximum atomic E-state index is 12.3. The molecule has 0 spiro atoms. The second-order valence-electron chi connectivity index (χ2n) is 6.34. The third-order valence-electron chi connectivity index (χ3n) is 4.59. The Bertz CT molecular complexity index is 777. The van der Waals surface area contributed by atoms with Crippen LogP contribution in [0.5, 0.6) is 5.75 Å². The minimum Gasteiger partial charge on any atom is -0.497 e. The van der Waals surface area contributed by atoms with Crippen molar-refractivity contribution in [3.8, 4) is 5.75 Å². The molecule has 8 heteroatoms. The molecule has 1 atom stereocenters. The molecule has 1 fully saturated rings. The topological polar surface area (TPSA) is 92.8 Å². The first-order valence-electron chi connectivity index (χ1n) is 9.12. The fourth-order valence-electron chi connectivity index (χ4n) is 3.07. The van der Waals surface area contributed by atoms with E-state index >= 15 is 0 Å². The lowest BCUT2D eigenvalue weighted by Gasteiger charge is -2.34. The highest BCUT2D eigenvalue weighted by Gasteiger charge is 2.24. The Morgan fingerprint density at radius 2 is 1.79 bits per heavy atom. The van der Waals surface area contributed by atoms with E-state index in [4.69, 9.17) is 9.47 Å². The van der Waals surface area contributed by atoms with Crippen molar-refractivity contribution in [2.45, 2.75) is 6.04 Å². The highest BCUT2D eigenvalue weighted by molar-refractivity contribution is 6.39. The molecule has 0 saturated carbocycles. The Labute approximate surface area is 163 Å². The molecule has 1 aliphatic heterocycles. The normalized spacial score (nSPS) is 15.5. The maximum Gasteiger partial charge on any atom is 0.313 e. The number of hydrogen-bond acceptors (Lipinski definition) is 6. The number of morpholine rings is 1. The van der Waals surface area contributed by atoms with Gasteiger partial charge in [0.05, 0.1) is 26.4 Å². The molecule has 1 aromatic heterocycles. The molecule has 1 saturated heterocycles. The van der Waals surface area contributed by atoms with Crippen molar-refractivity contribution in [2.75, 3.05) is 45.3 Å². The number of amides is 2. The van der Waals surface area contributed by atoms with E-state index in [0.717, 1.165) is 24.4 Å². The van der Waals surface area contributed by atoms with Gasteiger partial charge in [-0.15, -0.1) is 0 Å². The average molecular weight is 384 g/mol. The van der Waals surface area contributed by atoms with Gasteiger partial charge in [-0.2, -0.15) is 0 Å². The van der Waals surface area contributed by atoms with E-state index in [0.29, 0.717) is 25.4 Å². The molecule has 28 heavy (non-hydrogen) atoms. The summed E-state index contributed by atoms with van der Waals surface area (Å²) in [5.74, 6) is -0.615. The molecular formula is C20H24N4O4. The summed E-state index contributed by atoms with van der Waals surface area (Å²) in [6.07, 6.45) is 3.09. The van der Waals surface area contributed by atoms with Crippen LogP contribution in [0.25, 0.3) is 0 Å². The fourth-order valence-corrected chi connectivity index (χ4v) is 3.07. The lowest BCUT2D eigenvalue weighted by atomic mass is 10.0. The van der Waals surface area contributed by atoms with Crippen LogP contribution in [0.4, 0.5) is 5.69 Å². The molecule has 0 aliphatic carbocycles. The number of benzene rings is 1. The van der Waals surface area contributed by atoms with E-state index in [1.165, 1.54) is 0 Å². The second kappa shape index (κ2) is 9.82. The number of aromatic nitrogens is 1. The number of pyridine rings is 1. The van der Waals surface area contributed by atoms with E-state index in [1.54, 1.807) is 31.6 Å². The zero-order valence-corrected chi connectivity index (χ0v) is 15.8. The number of carbonyl (C=O) groups excluding carboxylic acids is 2. The monoisotopic (exact) mass is 384 g/mol. The lowest BCUT2D eigenvalue weighted by molar-refractivity contribution is -0.136. The maximum absolute atomic E-state index is 12.3. The largest absolute Gasteiger partial charge is 0.497 e. The molecule has 2 aromatic rings. The number of hydrogen-bond donors (Lipinski definition) is 2. The van der Waals surface area contributed by atoms with Gasteiger partial charge in [-0.3, -0.25) is 19.5 Å². The molecule has 1 aromatic carbocycles. The van der Waals surface area contributed by atoms with Gasteiger partial charge < -0.3 is 20.1 Å². The Morgan fingerprint density at radius 1 is 1.11 bits per heavy atom. The molecule has 2 N–H and O–H groups in total. The molecule has 3 rings (SSSR count). The van der Waals surface area contributed by atoms with Gasteiger partial charge in [0, 0.05) is 37.7 Å². The fraction of sp³-hybridized carbons (Fsp3) is 0.350. The third kappa shape index (κ3) is 5.28. The summed E-state index contributed by atoms with van der Waals surface area (Å²) in [4.78, 5) is 30.5. The van der Waals surface area contributed by atoms with Crippen molar-refractivity contribution in [2.24, 2.45) is 0 Å². The van der Waals surface area contributed by atoms with Gasteiger partial charge in [0.1, 0.15) is 5.75 Å². The van der Waals surface area contributed by atoms with Gasteiger partial charge in [0.2, 0.25) is 0 Å². The van der Waals surface area contributed by atoms with Crippen LogP contribution in [0.3, 0.4) is 0 Å². The van der Waals surface area contributed by atoms with Crippen molar-refractivity contribution < 1.29 is 19.1 Å². The summed E-state index contributed by atoms with van der Waals surface area (Å²) < 4.78 is 10.7. The highest BCUT2D eigenvalue weighted by Crippen LogP contribution is 2.23. The number of carbonyl (C=O) groups is 2. The van der Waals surface area contributed by atoms with Crippen LogP contribution in [-0.2, 0) is 14.3 Å². The summed E-state index contributed by atoms with van der Waals surface area (Å²) in [5, 5.41) is 5.31. The van der Waals surface area contributed by atoms with Crippen molar-refractivity contribution in [3.63, 3.8) is 0 Å². The molecule has 2 heterocycles. The van der Waals surface area contributed by atoms with Crippen LogP contribution in [0.15, 0.2) is 48.8 Å². The van der Waals surface area contributed by atoms with Crippen LogP contribution >= 0.6 is 0 Å². The van der Waals surface area contributed by atoms with Gasteiger partial charge >= 0.3 is 11.8 Å². The van der Waals surface area contributed by atoms with Gasteiger partial charge in [-0.05, 0) is 29.8 Å². The highest BCUT2D eigenvalue weighted by atomic mass is 16.5.